The molecule has 2 rings (SSSR count). The van der Waals surface area contributed by atoms with Gasteiger partial charge in [-0.05, 0) is 39.0 Å². The predicted molar refractivity (Wildman–Crippen MR) is 108 cm³/mol. The zero-order valence-electron chi connectivity index (χ0n) is 16.3. The smallest absolute Gasteiger partial charge is 0.261 e. The Hall–Kier alpha value is -1.63. The van der Waals surface area contributed by atoms with Gasteiger partial charge < -0.3 is 9.64 Å². The number of carbonyl (C=O) groups is 1. The molecule has 1 atom stereocenters. The maximum absolute atomic E-state index is 13.1. The van der Waals surface area contributed by atoms with Gasteiger partial charge in [0.2, 0.25) is 5.91 Å². The monoisotopic (exact) mass is 413 g/mol. The Morgan fingerprint density at radius 1 is 1.41 bits per heavy atom. The fourth-order valence-electron chi connectivity index (χ4n) is 2.88. The largest absolute Gasteiger partial charge is 0.383 e. The molecular formula is C19H25Cl2N3O3. The lowest BCUT2D eigenvalue weighted by molar-refractivity contribution is -0.142. The summed E-state index contributed by atoms with van der Waals surface area (Å²) in [7, 11) is 3.22. The van der Waals surface area contributed by atoms with E-state index >= 15 is 0 Å². The molecule has 0 N–H and O–H groups in total. The number of aromatic nitrogens is 2. The Labute approximate surface area is 169 Å². The fourth-order valence-corrected chi connectivity index (χ4v) is 3.17. The molecule has 1 aromatic heterocycles. The Morgan fingerprint density at radius 2 is 2.07 bits per heavy atom. The maximum Gasteiger partial charge on any atom is 0.261 e. The molecule has 0 saturated carbocycles. The van der Waals surface area contributed by atoms with Gasteiger partial charge in [-0.15, -0.1) is 11.6 Å². The number of carbonyl (C=O) groups excluding carboxylic acids is 1. The standard InChI is InChI=1S/C19H25Cl2N3O3/c1-12(24(8-9-27-5)18(26)19(2,3)11-20)16-22-15-7-6-13(21)10-14(15)17(25)23(16)4/h6-7,10,12H,8-9,11H2,1-5H3. The molecule has 0 spiro atoms. The van der Waals surface area contributed by atoms with Crippen molar-refractivity contribution in [2.24, 2.45) is 12.5 Å². The van der Waals surface area contributed by atoms with Crippen LogP contribution in [-0.2, 0) is 16.6 Å². The predicted octanol–water partition coefficient (Wildman–Crippen LogP) is 3.39. The first kappa shape index (κ1) is 21.7. The van der Waals surface area contributed by atoms with Gasteiger partial charge in [-0.1, -0.05) is 11.6 Å². The Kier molecular flexibility index (Phi) is 6.89. The van der Waals surface area contributed by atoms with Gasteiger partial charge in [0.05, 0.1) is 29.0 Å². The van der Waals surface area contributed by atoms with Crippen LogP contribution in [0.5, 0.6) is 0 Å². The molecule has 148 valence electrons. The van der Waals surface area contributed by atoms with E-state index in [9.17, 15) is 9.59 Å². The quantitative estimate of drug-likeness (QED) is 0.652. The number of amides is 1. The van der Waals surface area contributed by atoms with Gasteiger partial charge in [0.15, 0.2) is 0 Å². The first-order valence-electron chi connectivity index (χ1n) is 8.66. The molecule has 6 nitrogen and oxygen atoms in total. The van der Waals surface area contributed by atoms with Crippen LogP contribution in [0.15, 0.2) is 23.0 Å². The van der Waals surface area contributed by atoms with E-state index in [1.54, 1.807) is 51.1 Å². The number of nitrogens with zero attached hydrogens (tertiary/aromatic N) is 3. The van der Waals surface area contributed by atoms with Crippen molar-refractivity contribution in [3.63, 3.8) is 0 Å². The molecule has 1 heterocycles. The molecule has 0 aliphatic rings. The van der Waals surface area contributed by atoms with E-state index in [0.29, 0.717) is 34.9 Å². The molecule has 2 aromatic rings. The Balaban J connectivity index is 2.55. The highest BCUT2D eigenvalue weighted by Gasteiger charge is 2.35. The van der Waals surface area contributed by atoms with E-state index in [-0.39, 0.29) is 17.3 Å². The molecule has 0 radical (unpaired) electrons. The van der Waals surface area contributed by atoms with Crippen molar-refractivity contribution >= 4 is 40.0 Å². The van der Waals surface area contributed by atoms with E-state index < -0.39 is 11.5 Å². The van der Waals surface area contributed by atoms with E-state index in [0.717, 1.165) is 0 Å². The third-order valence-corrected chi connectivity index (χ3v) is 5.53. The van der Waals surface area contributed by atoms with Crippen LogP contribution < -0.4 is 5.56 Å². The summed E-state index contributed by atoms with van der Waals surface area (Å²) in [5.41, 5.74) is -0.410. The number of hydrogen-bond acceptors (Lipinski definition) is 4. The fraction of sp³-hybridized carbons (Fsp3) is 0.526. The summed E-state index contributed by atoms with van der Waals surface area (Å²) in [6, 6.07) is 4.56. The normalized spacial score (nSPS) is 13.0. The lowest BCUT2D eigenvalue weighted by atomic mass is 9.93. The van der Waals surface area contributed by atoms with Gasteiger partial charge >= 0.3 is 0 Å². The summed E-state index contributed by atoms with van der Waals surface area (Å²) < 4.78 is 6.62. The summed E-state index contributed by atoms with van der Waals surface area (Å²) in [4.78, 5) is 32.1. The second kappa shape index (κ2) is 8.59. The third-order valence-electron chi connectivity index (χ3n) is 4.62. The number of fused-ring (bicyclic) bond motifs is 1. The van der Waals surface area contributed by atoms with Crippen molar-refractivity contribution in [2.75, 3.05) is 26.1 Å². The second-order valence-corrected chi connectivity index (χ2v) is 7.88. The third kappa shape index (κ3) is 4.45. The van der Waals surface area contributed by atoms with E-state index in [1.807, 2.05) is 6.92 Å². The Bertz CT molecular complexity index is 896. The van der Waals surface area contributed by atoms with Crippen molar-refractivity contribution in [3.05, 3.63) is 39.4 Å². The number of benzene rings is 1. The highest BCUT2D eigenvalue weighted by molar-refractivity contribution is 6.31. The highest BCUT2D eigenvalue weighted by atomic mass is 35.5. The van der Waals surface area contributed by atoms with Crippen LogP contribution in [0.1, 0.15) is 32.6 Å². The van der Waals surface area contributed by atoms with Crippen LogP contribution >= 0.6 is 23.2 Å². The molecule has 0 aliphatic heterocycles. The number of ether oxygens (including phenoxy) is 1. The molecule has 27 heavy (non-hydrogen) atoms. The number of halogens is 2. The van der Waals surface area contributed by atoms with Crippen LogP contribution in [0.4, 0.5) is 0 Å². The average Bonchev–Trinajstić information content (AvgIpc) is 2.64. The van der Waals surface area contributed by atoms with Gasteiger partial charge in [-0.25, -0.2) is 4.98 Å². The molecule has 1 unspecified atom stereocenters. The number of hydrogen-bond donors (Lipinski definition) is 0. The van der Waals surface area contributed by atoms with Gasteiger partial charge in [0.1, 0.15) is 5.82 Å². The van der Waals surface area contributed by atoms with Crippen molar-refractivity contribution in [2.45, 2.75) is 26.8 Å². The summed E-state index contributed by atoms with van der Waals surface area (Å²) in [5, 5.41) is 0.916. The number of rotatable bonds is 7. The first-order chi connectivity index (χ1) is 12.6. The molecule has 0 fully saturated rings. The van der Waals surface area contributed by atoms with Crippen LogP contribution in [0.2, 0.25) is 5.02 Å². The van der Waals surface area contributed by atoms with Gasteiger partial charge in [-0.2, -0.15) is 0 Å². The van der Waals surface area contributed by atoms with Crippen molar-refractivity contribution in [1.29, 1.82) is 0 Å². The molecule has 1 aromatic carbocycles. The molecule has 0 aliphatic carbocycles. The summed E-state index contributed by atoms with van der Waals surface area (Å²) >= 11 is 12.0. The SMILES string of the molecule is COCCN(C(=O)C(C)(C)CCl)C(C)c1nc2ccc(Cl)cc2c(=O)n1C. The van der Waals surface area contributed by atoms with Crippen LogP contribution in [-0.4, -0.2) is 46.5 Å². The molecule has 1 amide bonds. The minimum atomic E-state index is -0.743. The van der Waals surface area contributed by atoms with Gasteiger partial charge in [-0.3, -0.25) is 14.2 Å². The summed E-state index contributed by atoms with van der Waals surface area (Å²) in [6.45, 7) is 6.17. The average molecular weight is 414 g/mol. The van der Waals surface area contributed by atoms with Crippen LogP contribution in [0.3, 0.4) is 0 Å². The summed E-state index contributed by atoms with van der Waals surface area (Å²) in [6.07, 6.45) is 0. The van der Waals surface area contributed by atoms with E-state index in [4.69, 9.17) is 27.9 Å². The van der Waals surface area contributed by atoms with Crippen LogP contribution in [0, 0.1) is 5.41 Å². The maximum atomic E-state index is 13.1. The molecule has 0 bridgehead atoms. The van der Waals surface area contributed by atoms with Crippen molar-refractivity contribution in [1.82, 2.24) is 14.5 Å². The van der Waals surface area contributed by atoms with E-state index in [2.05, 4.69) is 4.98 Å². The van der Waals surface area contributed by atoms with Gasteiger partial charge in [0, 0.05) is 31.6 Å². The van der Waals surface area contributed by atoms with Crippen molar-refractivity contribution in [3.8, 4) is 0 Å². The highest BCUT2D eigenvalue weighted by Crippen LogP contribution is 2.27. The molecule has 8 heteroatoms. The zero-order chi connectivity index (χ0) is 20.4. The molecule has 0 saturated heterocycles. The van der Waals surface area contributed by atoms with Crippen LogP contribution in [0.25, 0.3) is 10.9 Å². The minimum absolute atomic E-state index is 0.118. The minimum Gasteiger partial charge on any atom is -0.383 e. The summed E-state index contributed by atoms with van der Waals surface area (Å²) in [5.74, 6) is 0.557. The lowest BCUT2D eigenvalue weighted by Gasteiger charge is -2.35. The number of methoxy groups -OCH3 is 1. The zero-order valence-corrected chi connectivity index (χ0v) is 17.8. The first-order valence-corrected chi connectivity index (χ1v) is 9.57. The second-order valence-electron chi connectivity index (χ2n) is 7.18. The van der Waals surface area contributed by atoms with E-state index in [1.165, 1.54) is 4.57 Å². The lowest BCUT2D eigenvalue weighted by Crippen LogP contribution is -2.46. The molecular weight excluding hydrogens is 389 g/mol. The van der Waals surface area contributed by atoms with Gasteiger partial charge in [0.25, 0.3) is 5.56 Å². The topological polar surface area (TPSA) is 64.4 Å². The van der Waals surface area contributed by atoms with Crippen molar-refractivity contribution < 1.29 is 9.53 Å². The number of alkyl halides is 1. The Morgan fingerprint density at radius 3 is 2.67 bits per heavy atom.